The van der Waals surface area contributed by atoms with Gasteiger partial charge in [-0.2, -0.15) is 0 Å². The predicted octanol–water partition coefficient (Wildman–Crippen LogP) is 6.89. The number of rotatable bonds is 6. The zero-order valence-corrected chi connectivity index (χ0v) is 23.5. The minimum Gasteiger partial charge on any atom is -0.465 e. The first kappa shape index (κ1) is 25.7. The number of carbonyl (C=O) groups excluding carboxylic acids is 2. The van der Waals surface area contributed by atoms with Gasteiger partial charge in [0.25, 0.3) is 0 Å². The molecule has 0 spiro atoms. The van der Waals surface area contributed by atoms with Crippen LogP contribution in [0.1, 0.15) is 58.1 Å². The van der Waals surface area contributed by atoms with Crippen molar-refractivity contribution in [3.05, 3.63) is 63.1 Å². The standard InChI is InChI=1S/C28H22Cl2FN3O5S/c1-37-26(35)13-8-18(31)23-20(9-13)40-28(32-23)34-11-14-7-15(34)10-19(14)38-27(36)22-24(33-39-25(22)12-5-6-12)21-16(29)3-2-4-17(21)30/h2-4,8-9,12,14-15,19H,5-7,10-11H2,1H3/t14-,15?,19-/m1/s1. The second-order valence-electron chi connectivity index (χ2n) is 10.4. The molecule has 0 N–H and O–H groups in total. The Kier molecular flexibility index (Phi) is 6.25. The Balaban J connectivity index is 1.11. The molecule has 40 heavy (non-hydrogen) atoms. The van der Waals surface area contributed by atoms with Crippen molar-refractivity contribution in [2.24, 2.45) is 5.92 Å². The maximum atomic E-state index is 14.7. The molecule has 2 saturated carbocycles. The monoisotopic (exact) mass is 601 g/mol. The number of piperidine rings is 1. The van der Waals surface area contributed by atoms with Crippen LogP contribution in [0.25, 0.3) is 21.5 Å². The Labute approximate surface area is 241 Å². The number of nitrogens with zero attached hydrogens (tertiary/aromatic N) is 3. The van der Waals surface area contributed by atoms with E-state index in [4.69, 9.17) is 37.2 Å². The van der Waals surface area contributed by atoms with E-state index in [1.807, 2.05) is 0 Å². The summed E-state index contributed by atoms with van der Waals surface area (Å²) in [5.41, 5.74) is 1.42. The molecule has 1 aliphatic heterocycles. The first-order valence-corrected chi connectivity index (χ1v) is 14.5. The highest BCUT2D eigenvalue weighted by Crippen LogP contribution is 2.48. The first-order valence-electron chi connectivity index (χ1n) is 12.9. The number of ether oxygens (including phenoxy) is 2. The van der Waals surface area contributed by atoms with Crippen LogP contribution in [-0.2, 0) is 9.47 Å². The number of benzene rings is 2. The number of fused-ring (bicyclic) bond motifs is 3. The van der Waals surface area contributed by atoms with Gasteiger partial charge in [-0.15, -0.1) is 0 Å². The van der Waals surface area contributed by atoms with Crippen molar-refractivity contribution < 1.29 is 28.0 Å². The number of thiazole rings is 1. The lowest BCUT2D eigenvalue weighted by molar-refractivity contribution is 0.0191. The molecule has 2 bridgehead atoms. The smallest absolute Gasteiger partial charge is 0.344 e. The molecule has 3 heterocycles. The van der Waals surface area contributed by atoms with Crippen LogP contribution in [-0.4, -0.2) is 47.9 Å². The Hall–Kier alpha value is -3.21. The fourth-order valence-electron chi connectivity index (χ4n) is 5.84. The van der Waals surface area contributed by atoms with Crippen molar-refractivity contribution in [2.45, 2.75) is 43.7 Å². The Morgan fingerprint density at radius 1 is 1.15 bits per heavy atom. The number of anilines is 1. The summed E-state index contributed by atoms with van der Waals surface area (Å²) >= 11 is 14.2. The van der Waals surface area contributed by atoms with Crippen molar-refractivity contribution in [3.8, 4) is 11.3 Å². The zero-order chi connectivity index (χ0) is 27.7. The van der Waals surface area contributed by atoms with Gasteiger partial charge in [-0.1, -0.05) is 45.8 Å². The fourth-order valence-corrected chi connectivity index (χ4v) is 7.51. The molecule has 1 saturated heterocycles. The molecule has 3 atom stereocenters. The summed E-state index contributed by atoms with van der Waals surface area (Å²) in [4.78, 5) is 32.2. The molecule has 7 rings (SSSR count). The van der Waals surface area contributed by atoms with Crippen LogP contribution in [0.3, 0.4) is 0 Å². The quantitative estimate of drug-likeness (QED) is 0.221. The number of carbonyl (C=O) groups is 2. The highest BCUT2D eigenvalue weighted by molar-refractivity contribution is 7.22. The lowest BCUT2D eigenvalue weighted by Crippen LogP contribution is -2.39. The third kappa shape index (κ3) is 4.24. The van der Waals surface area contributed by atoms with E-state index in [9.17, 15) is 14.0 Å². The van der Waals surface area contributed by atoms with Crippen LogP contribution in [0, 0.1) is 11.7 Å². The van der Waals surface area contributed by atoms with Gasteiger partial charge in [0.1, 0.15) is 22.9 Å². The molecule has 8 nitrogen and oxygen atoms in total. The highest BCUT2D eigenvalue weighted by Gasteiger charge is 2.48. The van der Waals surface area contributed by atoms with Crippen molar-refractivity contribution >= 4 is 61.8 Å². The molecule has 12 heteroatoms. The number of halogens is 3. The van der Waals surface area contributed by atoms with Gasteiger partial charge in [0, 0.05) is 36.4 Å². The van der Waals surface area contributed by atoms with Gasteiger partial charge >= 0.3 is 11.9 Å². The maximum absolute atomic E-state index is 14.7. The third-order valence-corrected chi connectivity index (χ3v) is 9.58. The van der Waals surface area contributed by atoms with Gasteiger partial charge in [0.05, 0.1) is 27.4 Å². The molecule has 4 aromatic rings. The van der Waals surface area contributed by atoms with Crippen LogP contribution < -0.4 is 4.90 Å². The van der Waals surface area contributed by atoms with Crippen LogP contribution in [0.4, 0.5) is 9.52 Å². The largest absolute Gasteiger partial charge is 0.465 e. The summed E-state index contributed by atoms with van der Waals surface area (Å²) < 4.78 is 31.7. The van der Waals surface area contributed by atoms with Crippen LogP contribution >= 0.6 is 34.5 Å². The number of hydrogen-bond acceptors (Lipinski definition) is 9. The molecule has 206 valence electrons. The van der Waals surface area contributed by atoms with E-state index < -0.39 is 17.8 Å². The molecular weight excluding hydrogens is 580 g/mol. The van der Waals surface area contributed by atoms with Crippen molar-refractivity contribution in [2.75, 3.05) is 18.6 Å². The molecule has 1 unspecified atom stereocenters. The summed E-state index contributed by atoms with van der Waals surface area (Å²) in [6.45, 7) is 0.621. The lowest BCUT2D eigenvalue weighted by Gasteiger charge is -2.31. The second-order valence-corrected chi connectivity index (χ2v) is 12.2. The summed E-state index contributed by atoms with van der Waals surface area (Å²) in [6.07, 6.45) is 2.99. The summed E-state index contributed by atoms with van der Waals surface area (Å²) in [7, 11) is 1.26. The minimum absolute atomic E-state index is 0.0908. The molecule has 0 amide bonds. The fraction of sp³-hybridized carbons (Fsp3) is 0.357. The van der Waals surface area contributed by atoms with Gasteiger partial charge in [0.15, 0.2) is 16.7 Å². The van der Waals surface area contributed by atoms with Crippen molar-refractivity contribution in [3.63, 3.8) is 0 Å². The van der Waals surface area contributed by atoms with E-state index >= 15 is 0 Å². The third-order valence-electron chi connectivity index (χ3n) is 7.91. The van der Waals surface area contributed by atoms with E-state index in [0.29, 0.717) is 55.4 Å². The van der Waals surface area contributed by atoms with E-state index in [1.54, 1.807) is 24.3 Å². The Bertz CT molecular complexity index is 1670. The molecular formula is C28H22Cl2FN3O5S. The summed E-state index contributed by atoms with van der Waals surface area (Å²) in [6, 6.07) is 7.95. The average molecular weight is 602 g/mol. The van der Waals surface area contributed by atoms with E-state index in [2.05, 4.69) is 15.0 Å². The SMILES string of the molecule is COC(=O)c1cc(F)c2nc(N3C[C@H]4CC3C[C@H]4OC(=O)c3c(-c4c(Cl)cccc4Cl)noc3C3CC3)sc2c1. The average Bonchev–Trinajstić information content (AvgIpc) is 3.26. The van der Waals surface area contributed by atoms with Crippen LogP contribution in [0.15, 0.2) is 34.9 Å². The number of hydrogen-bond donors (Lipinski definition) is 0. The minimum atomic E-state index is -0.599. The lowest BCUT2D eigenvalue weighted by atomic mass is 10.0. The van der Waals surface area contributed by atoms with E-state index in [1.165, 1.54) is 18.4 Å². The maximum Gasteiger partial charge on any atom is 0.344 e. The summed E-state index contributed by atoms with van der Waals surface area (Å²) in [5.74, 6) is -0.920. The van der Waals surface area contributed by atoms with Crippen LogP contribution in [0.5, 0.6) is 0 Å². The Morgan fingerprint density at radius 2 is 1.93 bits per heavy atom. The van der Waals surface area contributed by atoms with Crippen LogP contribution in [0.2, 0.25) is 10.0 Å². The van der Waals surface area contributed by atoms with Crippen molar-refractivity contribution in [1.29, 1.82) is 0 Å². The van der Waals surface area contributed by atoms with E-state index in [0.717, 1.165) is 25.3 Å². The molecule has 2 aliphatic carbocycles. The van der Waals surface area contributed by atoms with Gasteiger partial charge in [-0.3, -0.25) is 0 Å². The number of methoxy groups -OCH3 is 1. The molecule has 3 aliphatic rings. The van der Waals surface area contributed by atoms with Crippen molar-refractivity contribution in [1.82, 2.24) is 10.1 Å². The van der Waals surface area contributed by atoms with E-state index in [-0.39, 0.29) is 35.1 Å². The molecule has 0 radical (unpaired) electrons. The van der Waals surface area contributed by atoms with Gasteiger partial charge in [-0.05, 0) is 43.5 Å². The van der Waals surface area contributed by atoms with Gasteiger partial charge < -0.3 is 18.9 Å². The van der Waals surface area contributed by atoms with Gasteiger partial charge in [0.2, 0.25) is 0 Å². The normalized spacial score (nSPS) is 21.8. The zero-order valence-electron chi connectivity index (χ0n) is 21.2. The Morgan fingerprint density at radius 3 is 2.60 bits per heavy atom. The molecule has 2 aromatic carbocycles. The number of esters is 2. The molecule has 2 aromatic heterocycles. The topological polar surface area (TPSA) is 94.8 Å². The first-order chi connectivity index (χ1) is 19.3. The highest BCUT2D eigenvalue weighted by atomic mass is 35.5. The summed E-state index contributed by atoms with van der Waals surface area (Å²) in [5, 5.41) is 5.62. The number of aromatic nitrogens is 2. The predicted molar refractivity (Wildman–Crippen MR) is 148 cm³/mol. The molecule has 3 fully saturated rings. The second kappa shape index (κ2) is 9.71. The van der Waals surface area contributed by atoms with Gasteiger partial charge in [-0.25, -0.2) is 19.0 Å².